The van der Waals surface area contributed by atoms with Gasteiger partial charge < -0.3 is 14.6 Å². The summed E-state index contributed by atoms with van der Waals surface area (Å²) >= 11 is 0. The minimum absolute atomic E-state index is 0.0462. The molecule has 1 amide bonds. The Bertz CT molecular complexity index is 1160. The molecule has 0 aliphatic carbocycles. The molecule has 0 unspecified atom stereocenters. The molecular formula is C26H28N2O4. The SMILES string of the molecule is COc1ccc(C(=O)C2CCN(C(=O)CCCc3cc4ccccc4c(=O)[nH]3)CC2)cc1. The molecule has 3 aromatic rings. The first kappa shape index (κ1) is 21.8. The molecule has 0 atom stereocenters. The van der Waals surface area contributed by atoms with Crippen molar-refractivity contribution in [3.8, 4) is 5.75 Å². The number of carbonyl (C=O) groups excluding carboxylic acids is 2. The van der Waals surface area contributed by atoms with Crippen molar-refractivity contribution in [1.29, 1.82) is 0 Å². The number of ketones is 1. The van der Waals surface area contributed by atoms with E-state index in [4.69, 9.17) is 4.74 Å². The van der Waals surface area contributed by atoms with Crippen molar-refractivity contribution in [2.75, 3.05) is 20.2 Å². The van der Waals surface area contributed by atoms with Crippen LogP contribution in [0.2, 0.25) is 0 Å². The molecule has 2 aromatic carbocycles. The molecule has 166 valence electrons. The summed E-state index contributed by atoms with van der Waals surface area (Å²) in [7, 11) is 1.60. The number of nitrogens with zero attached hydrogens (tertiary/aromatic N) is 1. The lowest BCUT2D eigenvalue weighted by atomic mass is 9.88. The molecule has 1 aromatic heterocycles. The van der Waals surface area contributed by atoms with Crippen LogP contribution in [-0.2, 0) is 11.2 Å². The van der Waals surface area contributed by atoms with Gasteiger partial charge in [-0.25, -0.2) is 0 Å². The van der Waals surface area contributed by atoms with Crippen LogP contribution in [0.5, 0.6) is 5.75 Å². The van der Waals surface area contributed by atoms with Crippen LogP contribution in [0.4, 0.5) is 0 Å². The summed E-state index contributed by atoms with van der Waals surface area (Å²) in [5.74, 6) is 0.938. The zero-order valence-electron chi connectivity index (χ0n) is 18.3. The van der Waals surface area contributed by atoms with Crippen LogP contribution in [0.25, 0.3) is 10.8 Å². The van der Waals surface area contributed by atoms with Crippen LogP contribution >= 0.6 is 0 Å². The van der Waals surface area contributed by atoms with Gasteiger partial charge in [-0.15, -0.1) is 0 Å². The summed E-state index contributed by atoms with van der Waals surface area (Å²) in [4.78, 5) is 42.4. The number of aromatic amines is 1. The van der Waals surface area contributed by atoms with Gasteiger partial charge in [-0.05, 0) is 67.5 Å². The second-order valence-electron chi connectivity index (χ2n) is 8.31. The topological polar surface area (TPSA) is 79.5 Å². The van der Waals surface area contributed by atoms with Crippen LogP contribution in [0.15, 0.2) is 59.4 Å². The zero-order valence-corrected chi connectivity index (χ0v) is 18.3. The number of nitrogens with one attached hydrogen (secondary N) is 1. The zero-order chi connectivity index (χ0) is 22.5. The van der Waals surface area contributed by atoms with Gasteiger partial charge >= 0.3 is 0 Å². The van der Waals surface area contributed by atoms with Crippen LogP contribution in [0.1, 0.15) is 41.7 Å². The van der Waals surface area contributed by atoms with Gasteiger partial charge in [0.2, 0.25) is 5.91 Å². The number of fused-ring (bicyclic) bond motifs is 1. The number of rotatable bonds is 7. The minimum Gasteiger partial charge on any atom is -0.497 e. The molecule has 6 nitrogen and oxygen atoms in total. The van der Waals surface area contributed by atoms with Crippen molar-refractivity contribution < 1.29 is 14.3 Å². The number of hydrogen-bond acceptors (Lipinski definition) is 4. The van der Waals surface area contributed by atoms with Crippen LogP contribution in [0, 0.1) is 5.92 Å². The van der Waals surface area contributed by atoms with E-state index in [1.807, 2.05) is 35.2 Å². The third kappa shape index (κ3) is 4.90. The maximum atomic E-state index is 12.8. The fourth-order valence-corrected chi connectivity index (χ4v) is 4.37. The number of Topliss-reactive ketones (excluding diaryl/α,β-unsaturated/α-hetero) is 1. The molecule has 1 aliphatic rings. The van der Waals surface area contributed by atoms with E-state index in [1.165, 1.54) is 0 Å². The Balaban J connectivity index is 1.25. The number of pyridine rings is 1. The molecule has 1 N–H and O–H groups in total. The van der Waals surface area contributed by atoms with Crippen molar-refractivity contribution in [3.63, 3.8) is 0 Å². The Labute approximate surface area is 187 Å². The molecule has 0 spiro atoms. The van der Waals surface area contributed by atoms with Crippen molar-refractivity contribution in [2.45, 2.75) is 32.1 Å². The average molecular weight is 433 g/mol. The molecule has 1 saturated heterocycles. The third-order valence-corrected chi connectivity index (χ3v) is 6.24. The molecule has 0 bridgehead atoms. The first-order chi connectivity index (χ1) is 15.5. The van der Waals surface area contributed by atoms with Crippen molar-refractivity contribution in [3.05, 3.63) is 76.2 Å². The highest BCUT2D eigenvalue weighted by molar-refractivity contribution is 5.98. The number of benzene rings is 2. The normalized spacial score (nSPS) is 14.5. The summed E-state index contributed by atoms with van der Waals surface area (Å²) in [6, 6.07) is 16.7. The monoisotopic (exact) mass is 432 g/mol. The van der Waals surface area contributed by atoms with E-state index < -0.39 is 0 Å². The van der Waals surface area contributed by atoms with E-state index in [0.717, 1.165) is 16.8 Å². The van der Waals surface area contributed by atoms with E-state index in [1.54, 1.807) is 31.4 Å². The van der Waals surface area contributed by atoms with Crippen molar-refractivity contribution in [2.24, 2.45) is 5.92 Å². The Morgan fingerprint density at radius 2 is 1.78 bits per heavy atom. The van der Waals surface area contributed by atoms with E-state index >= 15 is 0 Å². The highest BCUT2D eigenvalue weighted by Gasteiger charge is 2.27. The number of hydrogen-bond donors (Lipinski definition) is 1. The van der Waals surface area contributed by atoms with E-state index in [9.17, 15) is 14.4 Å². The van der Waals surface area contributed by atoms with Crippen molar-refractivity contribution >= 4 is 22.5 Å². The number of piperidine rings is 1. The number of amides is 1. The number of methoxy groups -OCH3 is 1. The number of aromatic nitrogens is 1. The molecule has 0 saturated carbocycles. The second-order valence-corrected chi connectivity index (χ2v) is 8.31. The Morgan fingerprint density at radius 1 is 1.06 bits per heavy atom. The summed E-state index contributed by atoms with van der Waals surface area (Å²) in [6.45, 7) is 1.22. The summed E-state index contributed by atoms with van der Waals surface area (Å²) in [6.07, 6.45) is 3.14. The predicted octanol–water partition coefficient (Wildman–Crippen LogP) is 3.98. The lowest BCUT2D eigenvalue weighted by Crippen LogP contribution is -2.40. The molecule has 0 radical (unpaired) electrons. The maximum absolute atomic E-state index is 12.8. The molecular weight excluding hydrogens is 404 g/mol. The van der Waals surface area contributed by atoms with E-state index in [-0.39, 0.29) is 23.2 Å². The van der Waals surface area contributed by atoms with Gasteiger partial charge in [0.1, 0.15) is 5.75 Å². The fourth-order valence-electron chi connectivity index (χ4n) is 4.37. The number of aryl methyl sites for hydroxylation is 1. The number of carbonyl (C=O) groups is 2. The number of H-pyrrole nitrogens is 1. The summed E-state index contributed by atoms with van der Waals surface area (Å²) in [5.41, 5.74) is 1.46. The summed E-state index contributed by atoms with van der Waals surface area (Å²) in [5, 5.41) is 1.60. The first-order valence-corrected chi connectivity index (χ1v) is 11.1. The highest BCUT2D eigenvalue weighted by atomic mass is 16.5. The molecule has 32 heavy (non-hydrogen) atoms. The van der Waals surface area contributed by atoms with Gasteiger partial charge in [0.15, 0.2) is 5.78 Å². The minimum atomic E-state index is -0.0898. The average Bonchev–Trinajstić information content (AvgIpc) is 2.84. The Kier molecular flexibility index (Phi) is 6.69. The van der Waals surface area contributed by atoms with Gasteiger partial charge in [-0.1, -0.05) is 18.2 Å². The van der Waals surface area contributed by atoms with Crippen LogP contribution in [0.3, 0.4) is 0 Å². The molecule has 1 aliphatic heterocycles. The van der Waals surface area contributed by atoms with Gasteiger partial charge in [0, 0.05) is 42.1 Å². The molecule has 1 fully saturated rings. The van der Waals surface area contributed by atoms with Crippen LogP contribution in [-0.4, -0.2) is 41.8 Å². The van der Waals surface area contributed by atoms with E-state index in [2.05, 4.69) is 4.98 Å². The smallest absolute Gasteiger partial charge is 0.256 e. The number of likely N-dealkylation sites (tertiary alicyclic amines) is 1. The van der Waals surface area contributed by atoms with Gasteiger partial charge in [-0.3, -0.25) is 14.4 Å². The largest absolute Gasteiger partial charge is 0.497 e. The third-order valence-electron chi connectivity index (χ3n) is 6.24. The molecule has 2 heterocycles. The Hall–Kier alpha value is -3.41. The molecule has 6 heteroatoms. The summed E-state index contributed by atoms with van der Waals surface area (Å²) < 4.78 is 5.15. The van der Waals surface area contributed by atoms with Gasteiger partial charge in [0.25, 0.3) is 5.56 Å². The first-order valence-electron chi connectivity index (χ1n) is 11.1. The van der Waals surface area contributed by atoms with Crippen molar-refractivity contribution in [1.82, 2.24) is 9.88 Å². The Morgan fingerprint density at radius 3 is 2.50 bits per heavy atom. The predicted molar refractivity (Wildman–Crippen MR) is 124 cm³/mol. The quantitative estimate of drug-likeness (QED) is 0.573. The van der Waals surface area contributed by atoms with Crippen LogP contribution < -0.4 is 10.3 Å². The van der Waals surface area contributed by atoms with E-state index in [0.29, 0.717) is 56.1 Å². The highest BCUT2D eigenvalue weighted by Crippen LogP contribution is 2.24. The number of ether oxygens (including phenoxy) is 1. The standard InChI is InChI=1S/C26H28N2O4/c1-32-22-11-9-18(10-12-22)25(30)19-13-15-28(16-14-19)24(29)8-4-6-21-17-20-5-2-3-7-23(20)26(31)27-21/h2-3,5,7,9-12,17,19H,4,6,8,13-16H2,1H3,(H,27,31). The lowest BCUT2D eigenvalue weighted by molar-refractivity contribution is -0.132. The van der Waals surface area contributed by atoms with Gasteiger partial charge in [-0.2, -0.15) is 0 Å². The second kappa shape index (κ2) is 9.81. The maximum Gasteiger partial charge on any atom is 0.256 e. The van der Waals surface area contributed by atoms with Gasteiger partial charge in [0.05, 0.1) is 7.11 Å². The molecule has 4 rings (SSSR count). The lowest BCUT2D eigenvalue weighted by Gasteiger charge is -2.31. The fraction of sp³-hybridized carbons (Fsp3) is 0.346.